The molecule has 2 aromatic heterocycles. The van der Waals surface area contributed by atoms with Crippen LogP contribution in [0, 0.1) is 0 Å². The van der Waals surface area contributed by atoms with E-state index in [2.05, 4.69) is 47.1 Å². The molecule has 5 rings (SSSR count). The lowest BCUT2D eigenvalue weighted by molar-refractivity contribution is 0.389. The SMILES string of the molecule is CN(C)CCCCCn1c2ccccc2c(=O)c2cc3c(cc21)c(=O)c1ccccc1n3CCCCCN(C)C. The maximum Gasteiger partial charge on any atom is 0.197 e. The van der Waals surface area contributed by atoms with Gasteiger partial charge in [-0.1, -0.05) is 37.1 Å². The van der Waals surface area contributed by atoms with E-state index in [0.717, 1.165) is 97.5 Å². The van der Waals surface area contributed by atoms with E-state index in [4.69, 9.17) is 0 Å². The number of unbranched alkanes of at least 4 members (excludes halogenated alkanes) is 4. The quantitative estimate of drug-likeness (QED) is 0.143. The van der Waals surface area contributed by atoms with Crippen LogP contribution in [0.4, 0.5) is 0 Å². The second-order valence-corrected chi connectivity index (χ2v) is 11.6. The molecule has 210 valence electrons. The van der Waals surface area contributed by atoms with Crippen LogP contribution in [0.2, 0.25) is 0 Å². The molecule has 0 saturated carbocycles. The van der Waals surface area contributed by atoms with Crippen molar-refractivity contribution >= 4 is 43.6 Å². The van der Waals surface area contributed by atoms with Crippen molar-refractivity contribution in [3.05, 3.63) is 81.1 Å². The summed E-state index contributed by atoms with van der Waals surface area (Å²) in [5.41, 5.74) is 3.66. The lowest BCUT2D eigenvalue weighted by Crippen LogP contribution is -2.16. The first-order valence-corrected chi connectivity index (χ1v) is 14.7. The normalized spacial score (nSPS) is 12.2. The van der Waals surface area contributed by atoms with E-state index in [1.165, 1.54) is 0 Å². The molecule has 6 heteroatoms. The minimum Gasteiger partial charge on any atom is -0.340 e. The summed E-state index contributed by atoms with van der Waals surface area (Å²) in [6.45, 7) is 3.75. The van der Waals surface area contributed by atoms with Crippen LogP contribution in [0.1, 0.15) is 38.5 Å². The Balaban J connectivity index is 1.67. The predicted molar refractivity (Wildman–Crippen MR) is 170 cm³/mol. The largest absolute Gasteiger partial charge is 0.340 e. The lowest BCUT2D eigenvalue weighted by atomic mass is 10.0. The second-order valence-electron chi connectivity index (χ2n) is 11.6. The van der Waals surface area contributed by atoms with Crippen molar-refractivity contribution in [2.75, 3.05) is 41.3 Å². The minimum absolute atomic E-state index is 0.0366. The van der Waals surface area contributed by atoms with E-state index in [1.807, 2.05) is 60.7 Å². The highest BCUT2D eigenvalue weighted by Crippen LogP contribution is 2.27. The van der Waals surface area contributed by atoms with E-state index in [1.54, 1.807) is 0 Å². The predicted octanol–water partition coefficient (Wildman–Crippen LogP) is 6.09. The Bertz CT molecular complexity index is 1630. The smallest absolute Gasteiger partial charge is 0.197 e. The van der Waals surface area contributed by atoms with Crippen LogP contribution >= 0.6 is 0 Å². The van der Waals surface area contributed by atoms with Crippen molar-refractivity contribution in [3.63, 3.8) is 0 Å². The molecule has 5 aromatic rings. The van der Waals surface area contributed by atoms with Gasteiger partial charge in [-0.15, -0.1) is 0 Å². The van der Waals surface area contributed by atoms with Crippen LogP contribution in [0.15, 0.2) is 70.3 Å². The van der Waals surface area contributed by atoms with Crippen molar-refractivity contribution in [2.24, 2.45) is 0 Å². The molecule has 0 aliphatic carbocycles. The Labute approximate surface area is 236 Å². The topological polar surface area (TPSA) is 50.5 Å². The third-order valence-corrected chi connectivity index (χ3v) is 8.04. The van der Waals surface area contributed by atoms with E-state index < -0.39 is 0 Å². The Morgan fingerprint density at radius 3 is 1.30 bits per heavy atom. The van der Waals surface area contributed by atoms with Crippen molar-refractivity contribution < 1.29 is 0 Å². The highest BCUT2D eigenvalue weighted by molar-refractivity contribution is 6.03. The number of aromatic nitrogens is 2. The van der Waals surface area contributed by atoms with E-state index >= 15 is 0 Å². The van der Waals surface area contributed by atoms with Crippen molar-refractivity contribution in [2.45, 2.75) is 51.6 Å². The Morgan fingerprint density at radius 2 is 0.900 bits per heavy atom. The average molecular weight is 539 g/mol. The van der Waals surface area contributed by atoms with Gasteiger partial charge in [0.15, 0.2) is 10.9 Å². The fourth-order valence-corrected chi connectivity index (χ4v) is 5.97. The van der Waals surface area contributed by atoms with Crippen molar-refractivity contribution in [1.29, 1.82) is 0 Å². The molecular formula is C34H42N4O2. The molecular weight excluding hydrogens is 496 g/mol. The number of hydrogen-bond acceptors (Lipinski definition) is 4. The van der Waals surface area contributed by atoms with Crippen LogP contribution in [0.3, 0.4) is 0 Å². The third-order valence-electron chi connectivity index (χ3n) is 8.04. The average Bonchev–Trinajstić information content (AvgIpc) is 2.95. The molecule has 0 bridgehead atoms. The number of pyridine rings is 2. The standard InChI is InChI=1S/C34H42N4O2/c1-35(2)19-11-5-13-21-37-29-17-9-7-15-25(29)33(39)27-24-32-28(23-31(27)37)34(40)26-16-8-10-18-30(26)38(32)22-14-6-12-20-36(3)4/h7-10,15-18,23-24H,5-6,11-14,19-22H2,1-4H3. The van der Waals surface area contributed by atoms with Gasteiger partial charge in [-0.3, -0.25) is 9.59 Å². The second kappa shape index (κ2) is 12.4. The molecule has 0 atom stereocenters. The van der Waals surface area contributed by atoms with Gasteiger partial charge in [0.05, 0.1) is 22.1 Å². The minimum atomic E-state index is 0.0366. The van der Waals surface area contributed by atoms with Gasteiger partial charge in [0.1, 0.15) is 0 Å². The van der Waals surface area contributed by atoms with Crippen LogP contribution in [-0.2, 0) is 13.1 Å². The highest BCUT2D eigenvalue weighted by atomic mass is 16.1. The van der Waals surface area contributed by atoms with Gasteiger partial charge in [-0.2, -0.15) is 0 Å². The van der Waals surface area contributed by atoms with E-state index in [9.17, 15) is 9.59 Å². The molecule has 0 radical (unpaired) electrons. The van der Waals surface area contributed by atoms with Crippen LogP contribution < -0.4 is 10.9 Å². The van der Waals surface area contributed by atoms with E-state index in [-0.39, 0.29) is 10.9 Å². The van der Waals surface area contributed by atoms with Crippen molar-refractivity contribution in [3.8, 4) is 0 Å². The number of hydrogen-bond donors (Lipinski definition) is 0. The summed E-state index contributed by atoms with van der Waals surface area (Å²) >= 11 is 0. The van der Waals surface area contributed by atoms with Gasteiger partial charge in [0.2, 0.25) is 0 Å². The number of para-hydroxylation sites is 2. The molecule has 0 unspecified atom stereocenters. The molecule has 2 heterocycles. The zero-order chi connectivity index (χ0) is 28.2. The molecule has 0 spiro atoms. The summed E-state index contributed by atoms with van der Waals surface area (Å²) in [4.78, 5) is 32.1. The fourth-order valence-electron chi connectivity index (χ4n) is 5.97. The number of aryl methyl sites for hydroxylation is 2. The van der Waals surface area contributed by atoms with Crippen molar-refractivity contribution in [1.82, 2.24) is 18.9 Å². The third kappa shape index (κ3) is 5.70. The molecule has 40 heavy (non-hydrogen) atoms. The molecule has 0 N–H and O–H groups in total. The van der Waals surface area contributed by atoms with Gasteiger partial charge < -0.3 is 18.9 Å². The maximum atomic E-state index is 13.8. The van der Waals surface area contributed by atoms with Crippen LogP contribution in [-0.4, -0.2) is 60.2 Å². The summed E-state index contributed by atoms with van der Waals surface area (Å²) < 4.78 is 4.53. The van der Waals surface area contributed by atoms with Gasteiger partial charge in [-0.05, 0) is 103 Å². The van der Waals surface area contributed by atoms with Crippen LogP contribution in [0.25, 0.3) is 43.6 Å². The number of nitrogens with zero attached hydrogens (tertiary/aromatic N) is 4. The first-order chi connectivity index (χ1) is 19.4. The summed E-state index contributed by atoms with van der Waals surface area (Å²) in [7, 11) is 8.42. The molecule has 0 aliphatic heterocycles. The molecule has 3 aromatic carbocycles. The van der Waals surface area contributed by atoms with Gasteiger partial charge in [0, 0.05) is 34.6 Å². The first-order valence-electron chi connectivity index (χ1n) is 14.7. The molecule has 0 aliphatic rings. The highest BCUT2D eigenvalue weighted by Gasteiger charge is 2.16. The maximum absolute atomic E-state index is 13.8. The number of rotatable bonds is 12. The van der Waals surface area contributed by atoms with E-state index in [0.29, 0.717) is 10.8 Å². The zero-order valence-corrected chi connectivity index (χ0v) is 24.4. The molecule has 0 amide bonds. The summed E-state index contributed by atoms with van der Waals surface area (Å²) in [5, 5.41) is 2.85. The first kappa shape index (κ1) is 28.1. The molecule has 0 saturated heterocycles. The monoisotopic (exact) mass is 538 g/mol. The molecule has 0 fully saturated rings. The number of benzene rings is 3. The summed E-state index contributed by atoms with van der Waals surface area (Å²) in [6, 6.07) is 19.8. The molecule has 6 nitrogen and oxygen atoms in total. The lowest BCUT2D eigenvalue weighted by Gasteiger charge is -2.19. The Hall–Kier alpha value is -3.48. The Kier molecular flexibility index (Phi) is 8.67. The van der Waals surface area contributed by atoms with Gasteiger partial charge in [-0.25, -0.2) is 0 Å². The summed E-state index contributed by atoms with van der Waals surface area (Å²) in [6.07, 6.45) is 6.53. The summed E-state index contributed by atoms with van der Waals surface area (Å²) in [5.74, 6) is 0. The van der Waals surface area contributed by atoms with Gasteiger partial charge in [0.25, 0.3) is 0 Å². The number of fused-ring (bicyclic) bond motifs is 4. The zero-order valence-electron chi connectivity index (χ0n) is 24.4. The fraction of sp³-hybridized carbons (Fsp3) is 0.412. The van der Waals surface area contributed by atoms with Crippen LogP contribution in [0.5, 0.6) is 0 Å². The Morgan fingerprint density at radius 1 is 0.500 bits per heavy atom. The van der Waals surface area contributed by atoms with Gasteiger partial charge >= 0.3 is 0 Å².